The van der Waals surface area contributed by atoms with Gasteiger partial charge < -0.3 is 15.4 Å². The summed E-state index contributed by atoms with van der Waals surface area (Å²) in [6.07, 6.45) is 6.17. The van der Waals surface area contributed by atoms with Crippen molar-refractivity contribution in [2.45, 2.75) is 77.3 Å². The Labute approximate surface area is 166 Å². The van der Waals surface area contributed by atoms with Crippen LogP contribution in [0.3, 0.4) is 0 Å². The molecule has 152 valence electrons. The molecule has 1 saturated carbocycles. The van der Waals surface area contributed by atoms with Crippen LogP contribution < -0.4 is 15.4 Å². The summed E-state index contributed by atoms with van der Waals surface area (Å²) in [5.74, 6) is 2.20. The second kappa shape index (κ2) is 11.3. The normalized spacial score (nSPS) is 21.7. The maximum atomic E-state index is 12.1. The number of rotatable bonds is 8. The SMILES string of the molecule is CCNC(=NCc1ccc(OC(C)C)nc1)NC1CCCC(S(=O)CC)C1. The number of guanidine groups is 1. The van der Waals surface area contributed by atoms with Gasteiger partial charge in [0.05, 0.1) is 12.6 Å². The van der Waals surface area contributed by atoms with Gasteiger partial charge in [-0.15, -0.1) is 0 Å². The number of aliphatic imine (C=N–C) groups is 1. The number of nitrogens with one attached hydrogen (secondary N) is 2. The Kier molecular flexibility index (Phi) is 9.04. The zero-order valence-corrected chi connectivity index (χ0v) is 17.8. The van der Waals surface area contributed by atoms with E-state index in [4.69, 9.17) is 9.73 Å². The van der Waals surface area contributed by atoms with Gasteiger partial charge in [0.25, 0.3) is 0 Å². The van der Waals surface area contributed by atoms with Gasteiger partial charge in [-0.25, -0.2) is 9.98 Å². The van der Waals surface area contributed by atoms with Gasteiger partial charge in [-0.1, -0.05) is 19.4 Å². The van der Waals surface area contributed by atoms with Crippen LogP contribution in [0, 0.1) is 0 Å². The molecule has 6 nitrogen and oxygen atoms in total. The predicted octanol–water partition coefficient (Wildman–Crippen LogP) is 3.00. The number of aromatic nitrogens is 1. The third kappa shape index (κ3) is 7.48. The molecule has 0 aliphatic heterocycles. The molecule has 1 fully saturated rings. The first-order chi connectivity index (χ1) is 13.0. The van der Waals surface area contributed by atoms with Crippen molar-refractivity contribution in [2.24, 2.45) is 4.99 Å². The van der Waals surface area contributed by atoms with Crippen LogP contribution >= 0.6 is 0 Å². The lowest BCUT2D eigenvalue weighted by atomic mass is 9.95. The van der Waals surface area contributed by atoms with Crippen LogP contribution in [0.25, 0.3) is 0 Å². The maximum Gasteiger partial charge on any atom is 0.213 e. The summed E-state index contributed by atoms with van der Waals surface area (Å²) < 4.78 is 17.7. The Morgan fingerprint density at radius 2 is 2.19 bits per heavy atom. The number of hydrogen-bond acceptors (Lipinski definition) is 4. The van der Waals surface area contributed by atoms with Gasteiger partial charge in [-0.2, -0.15) is 0 Å². The molecule has 0 amide bonds. The predicted molar refractivity (Wildman–Crippen MR) is 113 cm³/mol. The molecule has 7 heteroatoms. The maximum absolute atomic E-state index is 12.1. The van der Waals surface area contributed by atoms with Crippen LogP contribution in [0.4, 0.5) is 0 Å². The highest BCUT2D eigenvalue weighted by molar-refractivity contribution is 7.85. The minimum atomic E-state index is -0.713. The molecule has 0 bridgehead atoms. The van der Waals surface area contributed by atoms with Gasteiger partial charge in [0.15, 0.2) is 5.96 Å². The number of pyridine rings is 1. The van der Waals surface area contributed by atoms with Crippen molar-refractivity contribution in [3.05, 3.63) is 23.9 Å². The highest BCUT2D eigenvalue weighted by Crippen LogP contribution is 2.23. The van der Waals surface area contributed by atoms with E-state index < -0.39 is 10.8 Å². The second-order valence-corrected chi connectivity index (χ2v) is 9.17. The molecule has 3 unspecified atom stereocenters. The van der Waals surface area contributed by atoms with E-state index in [9.17, 15) is 4.21 Å². The summed E-state index contributed by atoms with van der Waals surface area (Å²) in [5.41, 5.74) is 1.04. The Morgan fingerprint density at radius 1 is 1.37 bits per heavy atom. The molecule has 2 rings (SSSR count). The fourth-order valence-corrected chi connectivity index (χ4v) is 4.60. The minimum absolute atomic E-state index is 0.118. The summed E-state index contributed by atoms with van der Waals surface area (Å²) in [4.78, 5) is 9.03. The molecule has 1 aliphatic rings. The van der Waals surface area contributed by atoms with E-state index in [2.05, 4.69) is 22.5 Å². The first-order valence-electron chi connectivity index (χ1n) is 10.0. The summed E-state index contributed by atoms with van der Waals surface area (Å²) in [6.45, 7) is 9.40. The molecule has 0 saturated heterocycles. The fourth-order valence-electron chi connectivity index (χ4n) is 3.25. The molecule has 1 aliphatic carbocycles. The van der Waals surface area contributed by atoms with E-state index >= 15 is 0 Å². The molecule has 1 aromatic rings. The van der Waals surface area contributed by atoms with Gasteiger partial charge in [-0.05, 0) is 45.6 Å². The van der Waals surface area contributed by atoms with Gasteiger partial charge in [0, 0.05) is 46.7 Å². The van der Waals surface area contributed by atoms with Crippen LogP contribution in [-0.2, 0) is 17.3 Å². The van der Waals surface area contributed by atoms with Crippen molar-refractivity contribution in [3.63, 3.8) is 0 Å². The third-order valence-corrected chi connectivity index (χ3v) is 6.28. The van der Waals surface area contributed by atoms with Gasteiger partial charge >= 0.3 is 0 Å². The van der Waals surface area contributed by atoms with Gasteiger partial charge in [0.2, 0.25) is 5.88 Å². The Morgan fingerprint density at radius 3 is 2.81 bits per heavy atom. The van der Waals surface area contributed by atoms with E-state index in [0.717, 1.165) is 49.5 Å². The molecular weight excluding hydrogens is 360 g/mol. The lowest BCUT2D eigenvalue weighted by Crippen LogP contribution is -2.46. The van der Waals surface area contributed by atoms with E-state index in [1.807, 2.05) is 39.1 Å². The second-order valence-electron chi connectivity index (χ2n) is 7.17. The number of hydrogen-bond donors (Lipinski definition) is 2. The number of ether oxygens (including phenoxy) is 1. The summed E-state index contributed by atoms with van der Waals surface area (Å²) in [5, 5.41) is 7.15. The van der Waals surface area contributed by atoms with Crippen molar-refractivity contribution in [1.82, 2.24) is 15.6 Å². The Bertz CT molecular complexity index is 619. The summed E-state index contributed by atoms with van der Waals surface area (Å²) >= 11 is 0. The highest BCUT2D eigenvalue weighted by Gasteiger charge is 2.26. The summed E-state index contributed by atoms with van der Waals surface area (Å²) in [6, 6.07) is 4.22. The Balaban J connectivity index is 1.94. The van der Waals surface area contributed by atoms with Crippen LogP contribution in [0.2, 0.25) is 0 Å². The van der Waals surface area contributed by atoms with Crippen molar-refractivity contribution in [2.75, 3.05) is 12.3 Å². The minimum Gasteiger partial charge on any atom is -0.475 e. The van der Waals surface area contributed by atoms with Crippen LogP contribution in [0.5, 0.6) is 5.88 Å². The van der Waals surface area contributed by atoms with Gasteiger partial charge in [-0.3, -0.25) is 4.21 Å². The third-order valence-electron chi connectivity index (χ3n) is 4.54. The van der Waals surface area contributed by atoms with Crippen LogP contribution in [0.1, 0.15) is 58.9 Å². The highest BCUT2D eigenvalue weighted by atomic mass is 32.2. The molecule has 0 spiro atoms. The van der Waals surface area contributed by atoms with Crippen molar-refractivity contribution >= 4 is 16.8 Å². The number of nitrogens with zero attached hydrogens (tertiary/aromatic N) is 2. The smallest absolute Gasteiger partial charge is 0.213 e. The zero-order chi connectivity index (χ0) is 19.6. The van der Waals surface area contributed by atoms with E-state index in [1.165, 1.54) is 0 Å². The lowest BCUT2D eigenvalue weighted by Gasteiger charge is -2.30. The first-order valence-corrected chi connectivity index (χ1v) is 11.4. The molecule has 1 heterocycles. The largest absolute Gasteiger partial charge is 0.475 e. The van der Waals surface area contributed by atoms with Crippen LogP contribution in [0.15, 0.2) is 23.3 Å². The summed E-state index contributed by atoms with van der Waals surface area (Å²) in [7, 11) is -0.713. The van der Waals surface area contributed by atoms with Gasteiger partial charge in [0.1, 0.15) is 0 Å². The van der Waals surface area contributed by atoms with Crippen molar-refractivity contribution in [1.29, 1.82) is 0 Å². The molecule has 27 heavy (non-hydrogen) atoms. The molecular formula is C20H34N4O2S. The van der Waals surface area contributed by atoms with Crippen LogP contribution in [-0.4, -0.2) is 44.8 Å². The van der Waals surface area contributed by atoms with Crippen molar-refractivity contribution in [3.8, 4) is 5.88 Å². The fraction of sp³-hybridized carbons (Fsp3) is 0.700. The molecule has 3 atom stereocenters. The molecule has 2 N–H and O–H groups in total. The Hall–Kier alpha value is -1.63. The quantitative estimate of drug-likeness (QED) is 0.524. The molecule has 0 radical (unpaired) electrons. The van der Waals surface area contributed by atoms with E-state index in [-0.39, 0.29) is 6.10 Å². The van der Waals surface area contributed by atoms with E-state index in [0.29, 0.717) is 23.7 Å². The molecule has 0 aromatic carbocycles. The zero-order valence-electron chi connectivity index (χ0n) is 17.0. The topological polar surface area (TPSA) is 75.6 Å². The van der Waals surface area contributed by atoms with E-state index in [1.54, 1.807) is 0 Å². The van der Waals surface area contributed by atoms with Crippen molar-refractivity contribution < 1.29 is 8.95 Å². The first kappa shape index (κ1) is 21.7. The molecule has 1 aromatic heterocycles. The lowest BCUT2D eigenvalue weighted by molar-refractivity contribution is 0.232. The standard InChI is InChI=1S/C20H34N4O2S/c1-5-21-20(24-17-8-7-9-18(12-17)27(25)6-2)23-14-16-10-11-19(22-13-16)26-15(3)4/h10-11,13,15,17-18H,5-9,12,14H2,1-4H3,(H2,21,23,24). The average Bonchev–Trinajstić information content (AvgIpc) is 2.66. The monoisotopic (exact) mass is 394 g/mol. The average molecular weight is 395 g/mol.